The zero-order valence-corrected chi connectivity index (χ0v) is 26.2. The van der Waals surface area contributed by atoms with Gasteiger partial charge in [-0.05, 0) is 50.4 Å². The van der Waals surface area contributed by atoms with Gasteiger partial charge in [0.2, 0.25) is 6.08 Å². The number of hydrogen-bond acceptors (Lipinski definition) is 9. The maximum absolute atomic E-state index is 12.7. The van der Waals surface area contributed by atoms with Crippen LogP contribution >= 0.6 is 0 Å². The molecule has 0 aromatic carbocycles. The Hall–Kier alpha value is -1.37. The number of amides is 1. The summed E-state index contributed by atoms with van der Waals surface area (Å²) in [5, 5.41) is 10.4. The molecule has 0 bridgehead atoms. The molecule has 1 heterocycles. The predicted molar refractivity (Wildman–Crippen MR) is 150 cm³/mol. The lowest BCUT2D eigenvalue weighted by atomic mass is 9.62. The molecule has 2 aliphatic rings. The predicted octanol–water partition coefficient (Wildman–Crippen LogP) is 3.65. The summed E-state index contributed by atoms with van der Waals surface area (Å²) in [7, 11) is 2.07. The van der Waals surface area contributed by atoms with Crippen LogP contribution in [0.25, 0.3) is 0 Å². The number of carboxylic acid groups (broad SMARTS) is 1. The van der Waals surface area contributed by atoms with Crippen LogP contribution in [-0.2, 0) is 27.5 Å². The number of ether oxygens (including phenoxy) is 2. The van der Waals surface area contributed by atoms with Gasteiger partial charge in [-0.3, -0.25) is 4.90 Å². The van der Waals surface area contributed by atoms with E-state index in [9.17, 15) is 14.7 Å². The normalized spacial score (nSPS) is 28.5. The van der Waals surface area contributed by atoms with Crippen LogP contribution in [0.3, 0.4) is 0 Å². The summed E-state index contributed by atoms with van der Waals surface area (Å²) in [6.07, 6.45) is 3.84. The fourth-order valence-corrected chi connectivity index (χ4v) is 8.46. The van der Waals surface area contributed by atoms with Gasteiger partial charge in [0, 0.05) is 60.2 Å². The Bertz CT molecular complexity index is 805. The second-order valence-electron chi connectivity index (χ2n) is 12.4. The van der Waals surface area contributed by atoms with Crippen molar-refractivity contribution in [2.75, 3.05) is 60.7 Å². The van der Waals surface area contributed by atoms with Crippen molar-refractivity contribution in [1.82, 2.24) is 9.80 Å². The lowest BCUT2D eigenvalue weighted by Gasteiger charge is -2.48. The molecule has 12 heteroatoms. The van der Waals surface area contributed by atoms with Crippen molar-refractivity contribution in [3.8, 4) is 0 Å². The van der Waals surface area contributed by atoms with Gasteiger partial charge in [-0.15, -0.1) is 0 Å². The van der Waals surface area contributed by atoms with Crippen molar-refractivity contribution < 1.29 is 37.4 Å². The molecule has 0 aromatic heterocycles. The van der Waals surface area contributed by atoms with Gasteiger partial charge < -0.3 is 32.8 Å². The lowest BCUT2D eigenvalue weighted by Crippen LogP contribution is -2.56. The molecule has 5 unspecified atom stereocenters. The third-order valence-corrected chi connectivity index (χ3v) is 10.7. The minimum absolute atomic E-state index is 0.0658. The van der Waals surface area contributed by atoms with Crippen LogP contribution < -0.4 is 0 Å². The second-order valence-corrected chi connectivity index (χ2v) is 15.5. The molecule has 1 amide bonds. The Kier molecular flexibility index (Phi) is 13.0. The molecule has 0 aromatic rings. The highest BCUT2D eigenvalue weighted by Gasteiger charge is 2.44. The van der Waals surface area contributed by atoms with Crippen molar-refractivity contribution in [2.45, 2.75) is 90.6 Å². The summed E-state index contributed by atoms with van der Waals surface area (Å²) in [5.74, 6) is 0. The molecule has 1 saturated carbocycles. The largest absolute Gasteiger partial charge is 0.500 e. The number of carbonyl (C=O) groups is 1. The van der Waals surface area contributed by atoms with Gasteiger partial charge >= 0.3 is 14.9 Å². The van der Waals surface area contributed by atoms with E-state index in [0.29, 0.717) is 38.6 Å². The summed E-state index contributed by atoms with van der Waals surface area (Å²) in [6, 6.07) is 0.0761. The van der Waals surface area contributed by atoms with Gasteiger partial charge in [0.15, 0.2) is 0 Å². The highest BCUT2D eigenvalue weighted by molar-refractivity contribution is 6.60. The molecule has 5 atom stereocenters. The minimum Gasteiger partial charge on any atom is -0.465 e. The Morgan fingerprint density at radius 3 is 2.31 bits per heavy atom. The van der Waals surface area contributed by atoms with Crippen molar-refractivity contribution in [2.24, 2.45) is 15.8 Å². The number of rotatable bonds is 15. The molecule has 0 radical (unpaired) electrons. The smallest absolute Gasteiger partial charge is 0.465 e. The van der Waals surface area contributed by atoms with Crippen LogP contribution in [0.15, 0.2) is 4.99 Å². The van der Waals surface area contributed by atoms with Crippen LogP contribution in [0.5, 0.6) is 0 Å². The van der Waals surface area contributed by atoms with Crippen molar-refractivity contribution in [3.63, 3.8) is 0 Å². The fourth-order valence-electron chi connectivity index (χ4n) is 6.77. The number of isocyanates is 1. The van der Waals surface area contributed by atoms with E-state index in [1.54, 1.807) is 32.3 Å². The SMILES string of the molecule is CO[Si](CCCOCC(CN1CC(C)OC(C)C1)N(CC1(C)CC(N=C=O)CC(C)(C)C1)C(=O)O)(OC)OC. The molecule has 11 nitrogen and oxygen atoms in total. The number of nitrogens with zero attached hydrogens (tertiary/aromatic N) is 3. The lowest BCUT2D eigenvalue weighted by molar-refractivity contribution is -0.0784. The summed E-state index contributed by atoms with van der Waals surface area (Å²) in [4.78, 5) is 31.6. The quantitative estimate of drug-likeness (QED) is 0.135. The molecule has 2 rings (SSSR count). The van der Waals surface area contributed by atoms with Crippen LogP contribution in [0.2, 0.25) is 6.04 Å². The topological polar surface area (TPSA) is 119 Å². The first-order valence-corrected chi connectivity index (χ1v) is 15.9. The van der Waals surface area contributed by atoms with E-state index >= 15 is 0 Å². The van der Waals surface area contributed by atoms with Crippen LogP contribution in [0, 0.1) is 10.8 Å². The second kappa shape index (κ2) is 15.0. The standard InChI is InChI=1S/C27H51N3O8Si/c1-21-14-29(15-22(2)38-21)16-24(17-37-10-9-11-39(34-6,35-7)36-8)30(25(32)33)19-27(5)13-23(28-20-31)12-26(3,4)18-27/h21-24H,9-19H2,1-8H3,(H,32,33). The third kappa shape index (κ3) is 10.5. The van der Waals surface area contributed by atoms with Crippen molar-refractivity contribution in [3.05, 3.63) is 0 Å². The fraction of sp³-hybridized carbons (Fsp3) is 0.926. The van der Waals surface area contributed by atoms with E-state index in [-0.39, 0.29) is 41.7 Å². The summed E-state index contributed by atoms with van der Waals surface area (Å²) >= 11 is 0. The third-order valence-electron chi connectivity index (χ3n) is 7.87. The average molecular weight is 574 g/mol. The number of aliphatic imine (C=N–C) groups is 1. The minimum atomic E-state index is -2.69. The van der Waals surface area contributed by atoms with Crippen molar-refractivity contribution >= 4 is 21.0 Å². The summed E-state index contributed by atoms with van der Waals surface area (Å²) < 4.78 is 28.5. The van der Waals surface area contributed by atoms with Crippen LogP contribution in [0.4, 0.5) is 4.79 Å². The zero-order valence-electron chi connectivity index (χ0n) is 25.2. The Morgan fingerprint density at radius 1 is 1.15 bits per heavy atom. The number of morpholine rings is 1. The number of hydrogen-bond donors (Lipinski definition) is 1. The molecular formula is C27H51N3O8Si. The van der Waals surface area contributed by atoms with Gasteiger partial charge in [0.1, 0.15) is 0 Å². The molecule has 226 valence electrons. The van der Waals surface area contributed by atoms with Crippen LogP contribution in [-0.4, -0.2) is 121 Å². The van der Waals surface area contributed by atoms with Gasteiger partial charge in [-0.1, -0.05) is 20.8 Å². The van der Waals surface area contributed by atoms with E-state index < -0.39 is 14.9 Å². The van der Waals surface area contributed by atoms with Gasteiger partial charge in [-0.25, -0.2) is 14.6 Å². The molecule has 2 fully saturated rings. The molecule has 1 aliphatic carbocycles. The van der Waals surface area contributed by atoms with Gasteiger partial charge in [0.25, 0.3) is 0 Å². The summed E-state index contributed by atoms with van der Waals surface area (Å²) in [6.45, 7) is 13.6. The van der Waals surface area contributed by atoms with E-state index in [1.807, 2.05) is 13.8 Å². The maximum atomic E-state index is 12.7. The van der Waals surface area contributed by atoms with E-state index in [0.717, 1.165) is 25.9 Å². The average Bonchev–Trinajstić information content (AvgIpc) is 2.83. The Balaban J connectivity index is 2.18. The maximum Gasteiger partial charge on any atom is 0.500 e. The summed E-state index contributed by atoms with van der Waals surface area (Å²) in [5.41, 5.74) is -0.403. The molecule has 1 N–H and O–H groups in total. The Morgan fingerprint density at radius 2 is 1.77 bits per heavy atom. The highest BCUT2D eigenvalue weighted by atomic mass is 28.4. The highest BCUT2D eigenvalue weighted by Crippen LogP contribution is 2.47. The number of carbonyl (C=O) groups excluding carboxylic acids is 1. The Labute approximate surface area is 235 Å². The van der Waals surface area contributed by atoms with Gasteiger partial charge in [0.05, 0.1) is 30.9 Å². The zero-order chi connectivity index (χ0) is 29.3. The van der Waals surface area contributed by atoms with Crippen molar-refractivity contribution in [1.29, 1.82) is 0 Å². The van der Waals surface area contributed by atoms with E-state index in [4.69, 9.17) is 22.8 Å². The monoisotopic (exact) mass is 573 g/mol. The first kappa shape index (κ1) is 33.8. The first-order chi connectivity index (χ1) is 18.3. The molecule has 1 aliphatic heterocycles. The first-order valence-electron chi connectivity index (χ1n) is 14.0. The van der Waals surface area contributed by atoms with Crippen LogP contribution in [0.1, 0.15) is 60.3 Å². The van der Waals surface area contributed by atoms with Gasteiger partial charge in [-0.2, -0.15) is 0 Å². The molecule has 1 saturated heterocycles. The molecular weight excluding hydrogens is 522 g/mol. The van der Waals surface area contributed by atoms with E-state index in [1.165, 1.54) is 0 Å². The molecule has 39 heavy (non-hydrogen) atoms. The molecule has 0 spiro atoms. The van der Waals surface area contributed by atoms with E-state index in [2.05, 4.69) is 30.7 Å².